The van der Waals surface area contributed by atoms with Crippen molar-refractivity contribution >= 4 is 11.7 Å². The van der Waals surface area contributed by atoms with Crippen molar-refractivity contribution in [3.63, 3.8) is 0 Å². The molecule has 5 heteroatoms. The van der Waals surface area contributed by atoms with Crippen LogP contribution in [-0.2, 0) is 6.42 Å². The van der Waals surface area contributed by atoms with Crippen LogP contribution in [0.5, 0.6) is 0 Å². The predicted octanol–water partition coefficient (Wildman–Crippen LogP) is 3.09. The van der Waals surface area contributed by atoms with Crippen LogP contribution in [0, 0.1) is 6.92 Å². The first-order valence-corrected chi connectivity index (χ1v) is 8.72. The van der Waals surface area contributed by atoms with Gasteiger partial charge >= 0.3 is 0 Å². The predicted molar refractivity (Wildman–Crippen MR) is 96.5 cm³/mol. The fraction of sp³-hybridized carbons (Fsp3) is 0.611. The van der Waals surface area contributed by atoms with E-state index in [1.165, 1.54) is 19.3 Å². The zero-order chi connectivity index (χ0) is 16.7. The minimum absolute atomic E-state index is 0.0213. The number of hydrogen-bond acceptors (Lipinski definition) is 3. The summed E-state index contributed by atoms with van der Waals surface area (Å²) in [6, 6.07) is 1.69. The van der Waals surface area contributed by atoms with Crippen molar-refractivity contribution in [3.05, 3.63) is 33.2 Å². The summed E-state index contributed by atoms with van der Waals surface area (Å²) in [6.45, 7) is 4.80. The van der Waals surface area contributed by atoms with Crippen LogP contribution in [0.15, 0.2) is 20.8 Å². The van der Waals surface area contributed by atoms with E-state index >= 15 is 0 Å². The van der Waals surface area contributed by atoms with E-state index in [4.69, 9.17) is 5.73 Å². The highest BCUT2D eigenvalue weighted by molar-refractivity contribution is 6.05. The lowest BCUT2D eigenvalue weighted by Crippen LogP contribution is -2.24. The Bertz CT molecular complexity index is 643. The molecule has 1 aromatic rings. The van der Waals surface area contributed by atoms with Gasteiger partial charge < -0.3 is 10.7 Å². The number of pyridine rings is 1. The molecule has 1 aromatic heterocycles. The fourth-order valence-electron chi connectivity index (χ4n) is 2.78. The maximum absolute atomic E-state index is 12.2. The second kappa shape index (κ2) is 8.65. The topological polar surface area (TPSA) is 83.6 Å². The highest BCUT2D eigenvalue weighted by atomic mass is 16.1. The van der Waals surface area contributed by atoms with Crippen LogP contribution in [0.2, 0.25) is 0 Å². The highest BCUT2D eigenvalue weighted by Crippen LogP contribution is 2.10. The number of H-pyrrole nitrogens is 1. The number of hydrogen-bond donors (Lipinski definition) is 2. The number of unbranched alkanes of at least 4 members (excludes halogenated alkanes) is 3. The third-order valence-electron chi connectivity index (χ3n) is 4.24. The molecule has 0 aromatic carbocycles. The number of nitrogens with two attached hydrogens (primary N) is 1. The summed E-state index contributed by atoms with van der Waals surface area (Å²) >= 11 is 0. The van der Waals surface area contributed by atoms with Gasteiger partial charge in [-0.05, 0) is 32.6 Å². The van der Waals surface area contributed by atoms with Crippen molar-refractivity contribution in [1.29, 1.82) is 0 Å². The van der Waals surface area contributed by atoms with Gasteiger partial charge in [-0.25, -0.2) is 4.99 Å². The van der Waals surface area contributed by atoms with Crippen molar-refractivity contribution in [1.82, 2.24) is 4.98 Å². The molecule has 0 bridgehead atoms. The fourth-order valence-corrected chi connectivity index (χ4v) is 2.78. The van der Waals surface area contributed by atoms with E-state index in [0.29, 0.717) is 17.1 Å². The van der Waals surface area contributed by atoms with E-state index < -0.39 is 0 Å². The first kappa shape index (κ1) is 17.4. The molecule has 1 aliphatic heterocycles. The molecule has 5 nitrogen and oxygen atoms in total. The molecule has 0 atom stereocenters. The van der Waals surface area contributed by atoms with Gasteiger partial charge in [0.05, 0.1) is 5.69 Å². The number of aromatic amines is 1. The number of amidine groups is 2. The maximum Gasteiger partial charge on any atom is 0.185 e. The molecule has 0 aliphatic carbocycles. The minimum Gasteiger partial charge on any atom is -0.382 e. The molecule has 0 fully saturated rings. The largest absolute Gasteiger partial charge is 0.382 e. The molecule has 0 spiro atoms. The minimum atomic E-state index is 0.0213. The van der Waals surface area contributed by atoms with Crippen LogP contribution >= 0.6 is 0 Å². The second-order valence-corrected chi connectivity index (χ2v) is 6.22. The van der Waals surface area contributed by atoms with Crippen LogP contribution in [0.3, 0.4) is 0 Å². The summed E-state index contributed by atoms with van der Waals surface area (Å²) in [5.74, 6) is 1.16. The summed E-state index contributed by atoms with van der Waals surface area (Å²) in [5, 5.41) is 0. The maximum atomic E-state index is 12.2. The van der Waals surface area contributed by atoms with Crippen LogP contribution < -0.4 is 11.2 Å². The Balaban J connectivity index is 2.19. The molecule has 126 valence electrons. The SMILES string of the molecule is CCCCCCc1cc(=O)c(C)c(C(N)=NC2=NCCCC2)[nH]1. The van der Waals surface area contributed by atoms with Crippen LogP contribution in [-0.4, -0.2) is 23.2 Å². The molecule has 0 radical (unpaired) electrons. The quantitative estimate of drug-likeness (QED) is 0.480. The monoisotopic (exact) mass is 316 g/mol. The van der Waals surface area contributed by atoms with E-state index in [9.17, 15) is 4.79 Å². The summed E-state index contributed by atoms with van der Waals surface area (Å²) in [7, 11) is 0. The molecule has 2 heterocycles. The third-order valence-corrected chi connectivity index (χ3v) is 4.24. The third kappa shape index (κ3) is 5.05. The summed E-state index contributed by atoms with van der Waals surface area (Å²) in [6.07, 6.45) is 8.64. The zero-order valence-electron chi connectivity index (χ0n) is 14.3. The average Bonchev–Trinajstić information content (AvgIpc) is 2.55. The van der Waals surface area contributed by atoms with Gasteiger partial charge in [0, 0.05) is 30.3 Å². The molecule has 0 saturated heterocycles. The van der Waals surface area contributed by atoms with Gasteiger partial charge in [0.25, 0.3) is 0 Å². The van der Waals surface area contributed by atoms with E-state index in [0.717, 1.165) is 50.2 Å². The Morgan fingerprint density at radius 3 is 2.87 bits per heavy atom. The van der Waals surface area contributed by atoms with Crippen molar-refractivity contribution in [3.8, 4) is 0 Å². The summed E-state index contributed by atoms with van der Waals surface area (Å²) in [4.78, 5) is 24.3. The molecule has 0 amide bonds. The first-order valence-electron chi connectivity index (χ1n) is 8.72. The van der Waals surface area contributed by atoms with Crippen molar-refractivity contribution < 1.29 is 0 Å². The second-order valence-electron chi connectivity index (χ2n) is 6.22. The molecule has 23 heavy (non-hydrogen) atoms. The first-order chi connectivity index (χ1) is 11.1. The number of aryl methyl sites for hydroxylation is 1. The van der Waals surface area contributed by atoms with Crippen molar-refractivity contribution in [2.45, 2.75) is 65.2 Å². The Labute approximate surface area is 138 Å². The lowest BCUT2D eigenvalue weighted by molar-refractivity contribution is 0.660. The number of aliphatic imine (C=N–C) groups is 2. The lowest BCUT2D eigenvalue weighted by Gasteiger charge is -2.11. The van der Waals surface area contributed by atoms with Crippen molar-refractivity contribution in [2.24, 2.45) is 15.7 Å². The van der Waals surface area contributed by atoms with Gasteiger partial charge in [0.15, 0.2) is 5.43 Å². The normalized spacial score (nSPS) is 15.6. The Morgan fingerprint density at radius 2 is 2.17 bits per heavy atom. The van der Waals surface area contributed by atoms with Crippen LogP contribution in [0.4, 0.5) is 0 Å². The van der Waals surface area contributed by atoms with Crippen LogP contribution in [0.1, 0.15) is 68.8 Å². The number of rotatable bonds is 6. The van der Waals surface area contributed by atoms with Gasteiger partial charge in [0.1, 0.15) is 11.7 Å². The number of nitrogens with zero attached hydrogens (tertiary/aromatic N) is 2. The Kier molecular flexibility index (Phi) is 6.56. The number of nitrogens with one attached hydrogen (secondary N) is 1. The van der Waals surface area contributed by atoms with Gasteiger partial charge in [0.2, 0.25) is 0 Å². The molecule has 3 N–H and O–H groups in total. The van der Waals surface area contributed by atoms with Gasteiger partial charge in [-0.15, -0.1) is 0 Å². The van der Waals surface area contributed by atoms with E-state index in [1.807, 2.05) is 0 Å². The molecule has 1 aliphatic rings. The smallest absolute Gasteiger partial charge is 0.185 e. The Morgan fingerprint density at radius 1 is 1.35 bits per heavy atom. The molecule has 0 unspecified atom stereocenters. The summed E-state index contributed by atoms with van der Waals surface area (Å²) in [5.41, 5.74) is 8.38. The number of aromatic nitrogens is 1. The van der Waals surface area contributed by atoms with Gasteiger partial charge in [-0.2, -0.15) is 0 Å². The van der Waals surface area contributed by atoms with Gasteiger partial charge in [-0.3, -0.25) is 9.79 Å². The molecule has 2 rings (SSSR count). The van der Waals surface area contributed by atoms with E-state index in [-0.39, 0.29) is 5.43 Å². The average molecular weight is 316 g/mol. The Hall–Kier alpha value is -1.91. The lowest BCUT2D eigenvalue weighted by atomic mass is 10.1. The molecular weight excluding hydrogens is 288 g/mol. The van der Waals surface area contributed by atoms with Crippen LogP contribution in [0.25, 0.3) is 0 Å². The molecular formula is C18H28N4O. The standard InChI is InChI=1S/C18H28N4O/c1-3-4-5-6-9-14-12-15(23)13(2)17(21-14)18(19)22-16-10-7-8-11-20-16/h12H,3-11H2,1-2H3,(H,21,23)(H2,19,20,22). The van der Waals surface area contributed by atoms with E-state index in [2.05, 4.69) is 21.9 Å². The summed E-state index contributed by atoms with van der Waals surface area (Å²) < 4.78 is 0. The molecule has 0 saturated carbocycles. The zero-order valence-corrected chi connectivity index (χ0v) is 14.3. The highest BCUT2D eigenvalue weighted by Gasteiger charge is 2.11. The van der Waals surface area contributed by atoms with E-state index in [1.54, 1.807) is 13.0 Å². The van der Waals surface area contributed by atoms with Crippen molar-refractivity contribution in [2.75, 3.05) is 6.54 Å². The van der Waals surface area contributed by atoms with Gasteiger partial charge in [-0.1, -0.05) is 26.2 Å².